The average molecular weight is 600 g/mol. The molecule has 0 aromatic heterocycles. The number of nitro groups is 1. The predicted molar refractivity (Wildman–Crippen MR) is 128 cm³/mol. The zero-order valence-electron chi connectivity index (χ0n) is 17.1. The second-order valence-corrected chi connectivity index (χ2v) is 10.7. The number of carbonyl (C=O) groups excluding carboxylic acids is 3. The van der Waals surface area contributed by atoms with Crippen molar-refractivity contribution in [2.24, 2.45) is 11.8 Å². The minimum absolute atomic E-state index is 0.0258. The third-order valence-corrected chi connectivity index (χ3v) is 9.01. The van der Waals surface area contributed by atoms with E-state index in [1.807, 2.05) is 0 Å². The van der Waals surface area contributed by atoms with E-state index < -0.39 is 34.5 Å². The van der Waals surface area contributed by atoms with Gasteiger partial charge in [0.05, 0.1) is 33.9 Å². The number of nitro benzene ring substituents is 1. The van der Waals surface area contributed by atoms with Gasteiger partial charge >= 0.3 is 0 Å². The first-order valence-corrected chi connectivity index (χ1v) is 12.4. The van der Waals surface area contributed by atoms with E-state index in [-0.39, 0.29) is 32.5 Å². The van der Waals surface area contributed by atoms with Crippen molar-refractivity contribution in [3.8, 4) is 0 Å². The number of fused-ring (bicyclic) bond motifs is 1. The lowest BCUT2D eigenvalue weighted by atomic mass is 9.81. The third kappa shape index (κ3) is 4.56. The van der Waals surface area contributed by atoms with Crippen molar-refractivity contribution >= 4 is 66.9 Å². The molecule has 11 heteroatoms. The van der Waals surface area contributed by atoms with Crippen LogP contribution in [0.1, 0.15) is 28.8 Å². The van der Waals surface area contributed by atoms with Gasteiger partial charge in [-0.05, 0) is 30.5 Å². The lowest BCUT2D eigenvalue weighted by molar-refractivity contribution is -0.384. The lowest BCUT2D eigenvalue weighted by Gasteiger charge is -2.31. The van der Waals surface area contributed by atoms with Gasteiger partial charge in [-0.2, -0.15) is 5.01 Å². The number of rotatable bonds is 5. The summed E-state index contributed by atoms with van der Waals surface area (Å²) in [5.74, 6) is -2.54. The van der Waals surface area contributed by atoms with E-state index >= 15 is 0 Å². The number of hydrogen-bond acceptors (Lipinski definition) is 5. The molecule has 1 saturated carbocycles. The van der Waals surface area contributed by atoms with Crippen molar-refractivity contribution in [2.75, 3.05) is 0 Å². The number of imide groups is 1. The molecule has 4 atom stereocenters. The van der Waals surface area contributed by atoms with Crippen LogP contribution in [-0.4, -0.2) is 42.3 Å². The highest BCUT2D eigenvalue weighted by atomic mass is 79.9. The molecule has 33 heavy (non-hydrogen) atoms. The van der Waals surface area contributed by atoms with E-state index in [9.17, 15) is 24.5 Å². The standard InChI is InChI=1S/C22H18Br2ClN3O5/c23-17-9-15-16(10-18(17)24)22(31)27(21(15)30)26(20(29)14-3-1-2-4-19(14)25)11-12-5-7-13(8-6-12)28(32)33/h1-8,15-18H,9-11H2/t15-,16-,17-,18+/m1/s1. The van der Waals surface area contributed by atoms with Crippen LogP contribution < -0.4 is 0 Å². The molecule has 1 heterocycles. The molecule has 1 saturated heterocycles. The van der Waals surface area contributed by atoms with Gasteiger partial charge in [0, 0.05) is 21.8 Å². The quantitative estimate of drug-likeness (QED) is 0.214. The van der Waals surface area contributed by atoms with Crippen LogP contribution in [-0.2, 0) is 16.1 Å². The first-order valence-electron chi connectivity index (χ1n) is 10.1. The van der Waals surface area contributed by atoms with Gasteiger partial charge in [-0.1, -0.05) is 67.7 Å². The molecule has 0 unspecified atom stereocenters. The summed E-state index contributed by atoms with van der Waals surface area (Å²) in [6, 6.07) is 12.0. The summed E-state index contributed by atoms with van der Waals surface area (Å²) in [5.41, 5.74) is 0.565. The fourth-order valence-electron chi connectivity index (χ4n) is 4.22. The zero-order chi connectivity index (χ0) is 23.9. The summed E-state index contributed by atoms with van der Waals surface area (Å²) in [5, 5.41) is 13.2. The van der Waals surface area contributed by atoms with Crippen LogP contribution in [0, 0.1) is 22.0 Å². The maximum Gasteiger partial charge on any atom is 0.274 e. The molecular formula is C22H18Br2ClN3O5. The molecule has 2 aromatic rings. The van der Waals surface area contributed by atoms with E-state index in [1.165, 1.54) is 30.3 Å². The van der Waals surface area contributed by atoms with Crippen molar-refractivity contribution in [3.05, 3.63) is 74.8 Å². The summed E-state index contributed by atoms with van der Waals surface area (Å²) < 4.78 is 0. The van der Waals surface area contributed by atoms with Crippen molar-refractivity contribution in [1.29, 1.82) is 0 Å². The highest BCUT2D eigenvalue weighted by Gasteiger charge is 2.54. The van der Waals surface area contributed by atoms with Crippen LogP contribution in [0.15, 0.2) is 48.5 Å². The van der Waals surface area contributed by atoms with Crippen molar-refractivity contribution in [1.82, 2.24) is 10.0 Å². The largest absolute Gasteiger partial charge is 0.274 e. The molecule has 2 aromatic carbocycles. The minimum atomic E-state index is -0.606. The van der Waals surface area contributed by atoms with E-state index in [0.717, 1.165) is 10.0 Å². The Morgan fingerprint density at radius 3 is 2.09 bits per heavy atom. The molecule has 4 rings (SSSR count). The fourth-order valence-corrected chi connectivity index (χ4v) is 5.67. The average Bonchev–Trinajstić information content (AvgIpc) is 3.02. The van der Waals surface area contributed by atoms with Crippen LogP contribution in [0.2, 0.25) is 5.02 Å². The topological polar surface area (TPSA) is 101 Å². The van der Waals surface area contributed by atoms with E-state index in [0.29, 0.717) is 18.4 Å². The van der Waals surface area contributed by atoms with Gasteiger partial charge in [0.15, 0.2) is 0 Å². The molecule has 3 amide bonds. The monoisotopic (exact) mass is 597 g/mol. The smallest absolute Gasteiger partial charge is 0.272 e. The van der Waals surface area contributed by atoms with Gasteiger partial charge in [-0.25, -0.2) is 5.01 Å². The molecule has 0 bridgehead atoms. The normalized spacial score (nSPS) is 24.5. The Balaban J connectivity index is 1.71. The Labute approximate surface area is 211 Å². The van der Waals surface area contributed by atoms with Gasteiger partial charge in [-0.15, -0.1) is 0 Å². The summed E-state index contributed by atoms with van der Waals surface area (Å²) in [7, 11) is 0. The van der Waals surface area contributed by atoms with Crippen LogP contribution >= 0.6 is 43.5 Å². The van der Waals surface area contributed by atoms with E-state index in [2.05, 4.69) is 31.9 Å². The number of alkyl halides is 2. The van der Waals surface area contributed by atoms with E-state index in [1.54, 1.807) is 18.2 Å². The number of amides is 3. The minimum Gasteiger partial charge on any atom is -0.272 e. The van der Waals surface area contributed by atoms with Crippen molar-refractivity contribution < 1.29 is 19.3 Å². The molecule has 2 fully saturated rings. The molecular weight excluding hydrogens is 582 g/mol. The van der Waals surface area contributed by atoms with Gasteiger partial charge in [0.25, 0.3) is 23.4 Å². The van der Waals surface area contributed by atoms with E-state index in [4.69, 9.17) is 11.6 Å². The zero-order valence-corrected chi connectivity index (χ0v) is 21.0. The summed E-state index contributed by atoms with van der Waals surface area (Å²) in [4.78, 5) is 50.7. The Morgan fingerprint density at radius 2 is 1.58 bits per heavy atom. The highest BCUT2D eigenvalue weighted by molar-refractivity contribution is 9.12. The third-order valence-electron chi connectivity index (χ3n) is 5.95. The Kier molecular flexibility index (Phi) is 6.88. The SMILES string of the molecule is O=C(c1ccccc1Cl)N(Cc1ccc([N+](=O)[O-])cc1)N1C(=O)[C@@H]2C[C@@H](Br)[C@@H](Br)C[C@H]2C1=O. The molecule has 172 valence electrons. The number of carbonyl (C=O) groups is 3. The number of non-ortho nitro benzene ring substituents is 1. The Bertz CT molecular complexity index is 1100. The number of hydrazine groups is 1. The summed E-state index contributed by atoms with van der Waals surface area (Å²) >= 11 is 13.4. The molecule has 0 radical (unpaired) electrons. The maximum absolute atomic E-state index is 13.5. The molecule has 0 spiro atoms. The van der Waals surface area contributed by atoms with Gasteiger partial charge in [-0.3, -0.25) is 24.5 Å². The van der Waals surface area contributed by atoms with Gasteiger partial charge in [0.1, 0.15) is 0 Å². The van der Waals surface area contributed by atoms with Crippen molar-refractivity contribution in [2.45, 2.75) is 29.0 Å². The van der Waals surface area contributed by atoms with Crippen LogP contribution in [0.25, 0.3) is 0 Å². The molecule has 2 aliphatic rings. The first kappa shape index (κ1) is 23.8. The molecule has 1 aliphatic carbocycles. The van der Waals surface area contributed by atoms with Crippen LogP contribution in [0.4, 0.5) is 5.69 Å². The molecule has 0 N–H and O–H groups in total. The number of hydrogen-bond donors (Lipinski definition) is 0. The first-order chi connectivity index (χ1) is 15.7. The van der Waals surface area contributed by atoms with Gasteiger partial charge < -0.3 is 0 Å². The molecule has 1 aliphatic heterocycles. The summed E-state index contributed by atoms with van der Waals surface area (Å²) in [6.45, 7) is -0.131. The van der Waals surface area contributed by atoms with Crippen LogP contribution in [0.3, 0.4) is 0 Å². The summed E-state index contributed by atoms with van der Waals surface area (Å²) in [6.07, 6.45) is 0.931. The Morgan fingerprint density at radius 1 is 1.03 bits per heavy atom. The van der Waals surface area contributed by atoms with Gasteiger partial charge in [0.2, 0.25) is 0 Å². The Hall–Kier alpha value is -2.30. The second kappa shape index (κ2) is 9.52. The molecule has 8 nitrogen and oxygen atoms in total. The maximum atomic E-state index is 13.5. The number of benzene rings is 2. The second-order valence-electron chi connectivity index (χ2n) is 7.97. The number of nitrogens with zero attached hydrogens (tertiary/aromatic N) is 3. The number of halogens is 3. The fraction of sp³-hybridized carbons (Fsp3) is 0.318. The highest BCUT2D eigenvalue weighted by Crippen LogP contribution is 2.44. The van der Waals surface area contributed by atoms with Crippen LogP contribution in [0.5, 0.6) is 0 Å². The lowest BCUT2D eigenvalue weighted by Crippen LogP contribution is -2.49. The predicted octanol–water partition coefficient (Wildman–Crippen LogP) is 4.73. The van der Waals surface area contributed by atoms with Crippen molar-refractivity contribution in [3.63, 3.8) is 0 Å².